The maximum absolute atomic E-state index is 13.4. The third-order valence-electron chi connectivity index (χ3n) is 5.40. The van der Waals surface area contributed by atoms with Gasteiger partial charge in [0.15, 0.2) is 11.8 Å². The molecule has 2 saturated heterocycles. The van der Waals surface area contributed by atoms with E-state index in [0.29, 0.717) is 0 Å². The first kappa shape index (κ1) is 19.1. The molecule has 2 fully saturated rings. The maximum Gasteiger partial charge on any atom is 0.328 e. The number of carbonyl (C=O) groups excluding carboxylic acids is 2. The molecule has 1 aromatic heterocycles. The molecule has 0 aliphatic carbocycles. The van der Waals surface area contributed by atoms with Crippen molar-refractivity contribution in [3.05, 3.63) is 59.8 Å². The number of halogens is 1. The molecular weight excluding hydrogens is 383 g/mol. The minimum Gasteiger partial charge on any atom is -0.480 e. The lowest BCUT2D eigenvalue weighted by atomic mass is 9.96. The Balaban J connectivity index is 1.54. The standard InChI is InChI=1S/C20H19FN2O6/c21-14-4-1-3-13(11-14)17(24)22-8-6-20(7-9-22)23(15(12-29-20)19(26)27)18(25)16-5-2-10-28-16/h1-5,10-11,15H,6-9,12H2,(H,26,27)/t15-/m1/s1. The lowest BCUT2D eigenvalue weighted by Crippen LogP contribution is -2.58. The molecule has 9 heteroatoms. The van der Waals surface area contributed by atoms with Crippen molar-refractivity contribution < 1.29 is 33.0 Å². The highest BCUT2D eigenvalue weighted by Crippen LogP contribution is 2.38. The predicted molar refractivity (Wildman–Crippen MR) is 96.5 cm³/mol. The fourth-order valence-corrected chi connectivity index (χ4v) is 3.94. The fourth-order valence-electron chi connectivity index (χ4n) is 3.94. The number of carboxylic acid groups (broad SMARTS) is 1. The summed E-state index contributed by atoms with van der Waals surface area (Å²) >= 11 is 0. The molecule has 4 rings (SSSR count). The number of rotatable bonds is 3. The van der Waals surface area contributed by atoms with Crippen LogP contribution in [0.2, 0.25) is 0 Å². The van der Waals surface area contributed by atoms with Gasteiger partial charge in [0.2, 0.25) is 0 Å². The largest absolute Gasteiger partial charge is 0.480 e. The van der Waals surface area contributed by atoms with Gasteiger partial charge in [-0.15, -0.1) is 0 Å². The van der Waals surface area contributed by atoms with Crippen LogP contribution in [0, 0.1) is 5.82 Å². The van der Waals surface area contributed by atoms with Crippen molar-refractivity contribution in [2.75, 3.05) is 19.7 Å². The molecule has 0 bridgehead atoms. The van der Waals surface area contributed by atoms with Crippen LogP contribution < -0.4 is 0 Å². The van der Waals surface area contributed by atoms with Crippen LogP contribution in [0.15, 0.2) is 47.1 Å². The van der Waals surface area contributed by atoms with Crippen molar-refractivity contribution in [3.63, 3.8) is 0 Å². The second kappa shape index (κ2) is 7.32. The van der Waals surface area contributed by atoms with Crippen molar-refractivity contribution in [1.29, 1.82) is 0 Å². The molecule has 2 aliphatic rings. The second-order valence-electron chi connectivity index (χ2n) is 7.07. The molecule has 0 radical (unpaired) electrons. The van der Waals surface area contributed by atoms with Gasteiger partial charge in [0, 0.05) is 31.5 Å². The number of piperidine rings is 1. The van der Waals surface area contributed by atoms with E-state index >= 15 is 0 Å². The van der Waals surface area contributed by atoms with Gasteiger partial charge < -0.3 is 19.2 Å². The molecule has 2 aliphatic heterocycles. The highest BCUT2D eigenvalue weighted by molar-refractivity contribution is 5.96. The maximum atomic E-state index is 13.4. The number of hydrogen-bond donors (Lipinski definition) is 1. The smallest absolute Gasteiger partial charge is 0.328 e. The Bertz CT molecular complexity index is 936. The van der Waals surface area contributed by atoms with E-state index < -0.39 is 29.5 Å². The fraction of sp³-hybridized carbons (Fsp3) is 0.350. The molecule has 1 spiro atoms. The minimum atomic E-state index is -1.17. The summed E-state index contributed by atoms with van der Waals surface area (Å²) in [6, 6.07) is 7.32. The zero-order valence-corrected chi connectivity index (χ0v) is 15.4. The lowest BCUT2D eigenvalue weighted by molar-refractivity contribution is -0.143. The van der Waals surface area contributed by atoms with Crippen LogP contribution in [0.1, 0.15) is 33.8 Å². The van der Waals surface area contributed by atoms with Crippen LogP contribution >= 0.6 is 0 Å². The first-order valence-electron chi connectivity index (χ1n) is 9.20. The predicted octanol–water partition coefficient (Wildman–Crippen LogP) is 1.98. The number of likely N-dealkylation sites (tertiary alicyclic amines) is 1. The normalized spacial score (nSPS) is 20.8. The molecule has 1 atom stereocenters. The average molecular weight is 402 g/mol. The number of aliphatic carboxylic acids is 1. The molecule has 2 aromatic rings. The van der Waals surface area contributed by atoms with Crippen LogP contribution in [0.3, 0.4) is 0 Å². The van der Waals surface area contributed by atoms with Gasteiger partial charge in [-0.25, -0.2) is 9.18 Å². The minimum absolute atomic E-state index is 0.0272. The molecule has 0 saturated carbocycles. The Kier molecular flexibility index (Phi) is 4.83. The number of ether oxygens (including phenoxy) is 1. The van der Waals surface area contributed by atoms with Gasteiger partial charge in [-0.2, -0.15) is 0 Å². The Hall–Kier alpha value is -3.20. The van der Waals surface area contributed by atoms with E-state index in [-0.39, 0.29) is 49.8 Å². The zero-order valence-electron chi connectivity index (χ0n) is 15.4. The van der Waals surface area contributed by atoms with Crippen molar-refractivity contribution >= 4 is 17.8 Å². The number of carbonyl (C=O) groups is 3. The molecule has 1 aromatic carbocycles. The summed E-state index contributed by atoms with van der Waals surface area (Å²) in [6.07, 6.45) is 1.82. The number of hydrogen-bond acceptors (Lipinski definition) is 5. The Morgan fingerprint density at radius 2 is 1.86 bits per heavy atom. The van der Waals surface area contributed by atoms with E-state index in [2.05, 4.69) is 0 Å². The molecule has 1 N–H and O–H groups in total. The molecule has 8 nitrogen and oxygen atoms in total. The third-order valence-corrected chi connectivity index (χ3v) is 5.40. The van der Waals surface area contributed by atoms with E-state index in [0.717, 1.165) is 0 Å². The summed E-state index contributed by atoms with van der Waals surface area (Å²) in [6.45, 7) is 0.340. The summed E-state index contributed by atoms with van der Waals surface area (Å²) in [5.41, 5.74) is -0.897. The van der Waals surface area contributed by atoms with Crippen molar-refractivity contribution in [2.45, 2.75) is 24.6 Å². The Morgan fingerprint density at radius 3 is 2.48 bits per heavy atom. The van der Waals surface area contributed by atoms with Gasteiger partial charge in [0.25, 0.3) is 11.8 Å². The van der Waals surface area contributed by atoms with Gasteiger partial charge in [-0.1, -0.05) is 6.07 Å². The molecule has 0 unspecified atom stereocenters. The number of carboxylic acids is 1. The Labute approximate surface area is 165 Å². The van der Waals surface area contributed by atoms with Gasteiger partial charge in [0.1, 0.15) is 11.5 Å². The third kappa shape index (κ3) is 3.38. The van der Waals surface area contributed by atoms with Gasteiger partial charge in [-0.3, -0.25) is 14.5 Å². The SMILES string of the molecule is O=C(O)[C@H]1COC2(CCN(C(=O)c3cccc(F)c3)CC2)N1C(=O)c1ccco1. The molecule has 29 heavy (non-hydrogen) atoms. The second-order valence-corrected chi connectivity index (χ2v) is 7.07. The quantitative estimate of drug-likeness (QED) is 0.843. The summed E-state index contributed by atoms with van der Waals surface area (Å²) in [5, 5.41) is 9.55. The van der Waals surface area contributed by atoms with Gasteiger partial charge in [0.05, 0.1) is 12.9 Å². The monoisotopic (exact) mass is 402 g/mol. The topological polar surface area (TPSA) is 100 Å². The summed E-state index contributed by atoms with van der Waals surface area (Å²) in [5.74, 6) is -2.52. The van der Waals surface area contributed by atoms with Gasteiger partial charge in [-0.05, 0) is 30.3 Å². The molecule has 2 amide bonds. The molecule has 152 valence electrons. The van der Waals surface area contributed by atoms with Crippen molar-refractivity contribution in [1.82, 2.24) is 9.80 Å². The average Bonchev–Trinajstić information content (AvgIpc) is 3.36. The van der Waals surface area contributed by atoms with Crippen LogP contribution in [-0.2, 0) is 9.53 Å². The number of furan rings is 1. The summed E-state index contributed by atoms with van der Waals surface area (Å²) < 4.78 is 24.4. The summed E-state index contributed by atoms with van der Waals surface area (Å²) in [4.78, 5) is 40.1. The lowest BCUT2D eigenvalue weighted by Gasteiger charge is -2.43. The number of nitrogens with zero attached hydrogens (tertiary/aromatic N) is 2. The van der Waals surface area contributed by atoms with E-state index in [1.807, 2.05) is 0 Å². The summed E-state index contributed by atoms with van der Waals surface area (Å²) in [7, 11) is 0. The molecular formula is C20H19FN2O6. The first-order valence-corrected chi connectivity index (χ1v) is 9.20. The highest BCUT2D eigenvalue weighted by atomic mass is 19.1. The van der Waals surface area contributed by atoms with Gasteiger partial charge >= 0.3 is 5.97 Å². The van der Waals surface area contributed by atoms with Crippen LogP contribution in [0.25, 0.3) is 0 Å². The van der Waals surface area contributed by atoms with Crippen LogP contribution in [0.5, 0.6) is 0 Å². The van der Waals surface area contributed by atoms with E-state index in [1.54, 1.807) is 11.0 Å². The van der Waals surface area contributed by atoms with E-state index in [9.17, 15) is 23.9 Å². The highest BCUT2D eigenvalue weighted by Gasteiger charge is 2.54. The Morgan fingerprint density at radius 1 is 1.10 bits per heavy atom. The number of amides is 2. The number of benzene rings is 1. The first-order chi connectivity index (χ1) is 13.9. The van der Waals surface area contributed by atoms with Crippen molar-refractivity contribution in [3.8, 4) is 0 Å². The van der Waals surface area contributed by atoms with Crippen LogP contribution in [-0.4, -0.2) is 64.2 Å². The van der Waals surface area contributed by atoms with Crippen LogP contribution in [0.4, 0.5) is 4.39 Å². The van der Waals surface area contributed by atoms with E-state index in [4.69, 9.17) is 9.15 Å². The molecule has 3 heterocycles. The zero-order chi connectivity index (χ0) is 20.6. The van der Waals surface area contributed by atoms with Crippen molar-refractivity contribution in [2.24, 2.45) is 0 Å². The van der Waals surface area contributed by atoms with E-state index in [1.165, 1.54) is 41.5 Å².